The molecule has 0 radical (unpaired) electrons. The van der Waals surface area contributed by atoms with Crippen LogP contribution in [0.1, 0.15) is 71.1 Å². The van der Waals surface area contributed by atoms with E-state index in [1.807, 2.05) is 6.20 Å². The van der Waals surface area contributed by atoms with E-state index in [1.54, 1.807) is 11.3 Å². The maximum Gasteiger partial charge on any atom is 0.243 e. The van der Waals surface area contributed by atoms with Crippen LogP contribution in [0.3, 0.4) is 0 Å². The van der Waals surface area contributed by atoms with Crippen molar-refractivity contribution in [1.82, 2.24) is 10.3 Å². The normalized spacial score (nSPS) is 12.9. The molecule has 2 N–H and O–H groups in total. The second-order valence-corrected chi connectivity index (χ2v) is 6.80. The van der Waals surface area contributed by atoms with Gasteiger partial charge in [-0.15, -0.1) is 11.3 Å². The van der Waals surface area contributed by atoms with Gasteiger partial charge in [-0.1, -0.05) is 41.0 Å². The fourth-order valence-electron chi connectivity index (χ4n) is 2.19. The van der Waals surface area contributed by atoms with Crippen LogP contribution in [-0.4, -0.2) is 23.0 Å². The number of hydrogen-bond acceptors (Lipinski definition) is 4. The van der Waals surface area contributed by atoms with Gasteiger partial charge < -0.3 is 10.6 Å². The molecule has 1 heterocycles. The first-order valence-electron chi connectivity index (χ1n) is 8.04. The summed E-state index contributed by atoms with van der Waals surface area (Å²) < 4.78 is 0. The highest BCUT2D eigenvalue weighted by Gasteiger charge is 2.21. The number of hydrogen-bond donors (Lipinski definition) is 2. The number of nitrogens with zero attached hydrogens (tertiary/aromatic N) is 1. The Labute approximate surface area is 132 Å². The summed E-state index contributed by atoms with van der Waals surface area (Å²) in [6.07, 6.45) is 5.77. The molecule has 1 rings (SSSR count). The number of nitrogens with one attached hydrogen (secondary N) is 2. The van der Waals surface area contributed by atoms with Gasteiger partial charge in [-0.3, -0.25) is 4.79 Å². The molecule has 4 nitrogen and oxygen atoms in total. The van der Waals surface area contributed by atoms with E-state index < -0.39 is 0 Å². The molecule has 0 aliphatic heterocycles. The minimum Gasteiger partial charge on any atom is -0.303 e. The number of carbonyl (C=O) groups excluding carboxylic acids is 1. The van der Waals surface area contributed by atoms with Crippen molar-refractivity contribution in [1.29, 1.82) is 0 Å². The monoisotopic (exact) mass is 311 g/mol. The predicted molar refractivity (Wildman–Crippen MR) is 91.0 cm³/mol. The minimum absolute atomic E-state index is 0.0356. The van der Waals surface area contributed by atoms with Gasteiger partial charge in [0.1, 0.15) is 0 Å². The molecule has 1 amide bonds. The summed E-state index contributed by atoms with van der Waals surface area (Å²) in [7, 11) is 0. The lowest BCUT2D eigenvalue weighted by Gasteiger charge is -2.23. The van der Waals surface area contributed by atoms with Crippen LogP contribution in [0, 0.1) is 0 Å². The van der Waals surface area contributed by atoms with Crippen LogP contribution in [0.4, 0.5) is 5.13 Å². The molecule has 1 atom stereocenters. The number of aromatic nitrogens is 1. The molecule has 1 aromatic rings. The van der Waals surface area contributed by atoms with E-state index in [1.165, 1.54) is 4.88 Å². The molecular weight excluding hydrogens is 282 g/mol. The first-order valence-corrected chi connectivity index (χ1v) is 8.85. The van der Waals surface area contributed by atoms with Gasteiger partial charge in [0.2, 0.25) is 5.91 Å². The van der Waals surface area contributed by atoms with Crippen LogP contribution in [0.15, 0.2) is 6.20 Å². The van der Waals surface area contributed by atoms with Crippen molar-refractivity contribution in [3.8, 4) is 0 Å². The van der Waals surface area contributed by atoms with Crippen LogP contribution in [-0.2, 0) is 4.79 Å². The first-order chi connectivity index (χ1) is 10.0. The Bertz CT molecular complexity index is 427. The van der Waals surface area contributed by atoms with Gasteiger partial charge in [0.25, 0.3) is 0 Å². The molecule has 0 saturated carbocycles. The standard InChI is InChI=1S/C16H29N3OS/c1-6-9-13(18-12(7-2)8-3)15(20)19-16-17-10-14(21-16)11(4)5/h10-13,18H,6-9H2,1-5H3,(H,17,19,20)/t13-/m0/s1. The Balaban J connectivity index is 2.66. The lowest BCUT2D eigenvalue weighted by molar-refractivity contribution is -0.118. The third-order valence-electron chi connectivity index (χ3n) is 3.64. The zero-order chi connectivity index (χ0) is 15.8. The Morgan fingerprint density at radius 2 is 1.95 bits per heavy atom. The molecule has 0 aliphatic carbocycles. The zero-order valence-corrected chi connectivity index (χ0v) is 14.7. The molecule has 0 saturated heterocycles. The summed E-state index contributed by atoms with van der Waals surface area (Å²) in [6, 6.07) is 0.265. The highest BCUT2D eigenvalue weighted by Crippen LogP contribution is 2.25. The smallest absolute Gasteiger partial charge is 0.243 e. The van der Waals surface area contributed by atoms with Crippen LogP contribution < -0.4 is 10.6 Å². The van der Waals surface area contributed by atoms with Gasteiger partial charge in [0, 0.05) is 17.1 Å². The molecule has 0 unspecified atom stereocenters. The maximum absolute atomic E-state index is 12.4. The summed E-state index contributed by atoms with van der Waals surface area (Å²) in [5.74, 6) is 0.482. The van der Waals surface area contributed by atoms with Crippen molar-refractivity contribution in [2.24, 2.45) is 0 Å². The van der Waals surface area contributed by atoms with E-state index in [-0.39, 0.29) is 11.9 Å². The fourth-order valence-corrected chi connectivity index (χ4v) is 3.01. The van der Waals surface area contributed by atoms with Gasteiger partial charge in [-0.25, -0.2) is 4.98 Å². The van der Waals surface area contributed by atoms with Crippen molar-refractivity contribution < 1.29 is 4.79 Å². The van der Waals surface area contributed by atoms with E-state index in [0.717, 1.165) is 25.7 Å². The molecule has 21 heavy (non-hydrogen) atoms. The van der Waals surface area contributed by atoms with Crippen molar-refractivity contribution in [3.63, 3.8) is 0 Å². The third-order valence-corrected chi connectivity index (χ3v) is 4.85. The van der Waals surface area contributed by atoms with Gasteiger partial charge in [0.15, 0.2) is 5.13 Å². The summed E-state index contributed by atoms with van der Waals surface area (Å²) >= 11 is 1.56. The van der Waals surface area contributed by atoms with Gasteiger partial charge in [-0.2, -0.15) is 0 Å². The summed E-state index contributed by atoms with van der Waals surface area (Å²) in [5, 5.41) is 7.14. The highest BCUT2D eigenvalue weighted by molar-refractivity contribution is 7.15. The predicted octanol–water partition coefficient (Wildman–Crippen LogP) is 4.15. The third kappa shape index (κ3) is 5.75. The second kappa shape index (κ2) is 9.15. The number of carbonyl (C=O) groups is 1. The Kier molecular flexibility index (Phi) is 7.89. The molecule has 0 spiro atoms. The Hall–Kier alpha value is -0.940. The second-order valence-electron chi connectivity index (χ2n) is 5.73. The summed E-state index contributed by atoms with van der Waals surface area (Å²) in [6.45, 7) is 10.7. The highest BCUT2D eigenvalue weighted by atomic mass is 32.1. The quantitative estimate of drug-likeness (QED) is 0.720. The molecular formula is C16H29N3OS. The van der Waals surface area contributed by atoms with E-state index in [9.17, 15) is 4.79 Å². The first kappa shape index (κ1) is 18.1. The minimum atomic E-state index is -0.133. The summed E-state index contributed by atoms with van der Waals surface area (Å²) in [4.78, 5) is 17.9. The zero-order valence-electron chi connectivity index (χ0n) is 13.9. The Morgan fingerprint density at radius 3 is 2.43 bits per heavy atom. The molecule has 0 bridgehead atoms. The Morgan fingerprint density at radius 1 is 1.29 bits per heavy atom. The number of amides is 1. The van der Waals surface area contributed by atoms with E-state index in [0.29, 0.717) is 17.1 Å². The van der Waals surface area contributed by atoms with Crippen LogP contribution in [0.25, 0.3) is 0 Å². The van der Waals surface area contributed by atoms with E-state index in [4.69, 9.17) is 0 Å². The average Bonchev–Trinajstić information content (AvgIpc) is 2.92. The van der Waals surface area contributed by atoms with E-state index >= 15 is 0 Å². The van der Waals surface area contributed by atoms with Crippen LogP contribution >= 0.6 is 11.3 Å². The largest absolute Gasteiger partial charge is 0.303 e. The SMILES string of the molecule is CCC[C@H](NC(CC)CC)C(=O)Nc1ncc(C(C)C)s1. The fraction of sp³-hybridized carbons (Fsp3) is 0.750. The molecule has 0 fully saturated rings. The maximum atomic E-state index is 12.4. The van der Waals surface area contributed by atoms with Crippen molar-refractivity contribution >= 4 is 22.4 Å². The number of thiazole rings is 1. The van der Waals surface area contributed by atoms with Gasteiger partial charge in [0.05, 0.1) is 6.04 Å². The topological polar surface area (TPSA) is 54.0 Å². The molecule has 1 aromatic heterocycles. The molecule has 120 valence electrons. The van der Waals surface area contributed by atoms with Crippen LogP contribution in [0.5, 0.6) is 0 Å². The molecule has 5 heteroatoms. The van der Waals surface area contributed by atoms with Crippen molar-refractivity contribution in [2.75, 3.05) is 5.32 Å². The number of rotatable bonds is 9. The van der Waals surface area contributed by atoms with Crippen LogP contribution in [0.2, 0.25) is 0 Å². The van der Waals surface area contributed by atoms with Gasteiger partial charge >= 0.3 is 0 Å². The molecule has 0 aromatic carbocycles. The summed E-state index contributed by atoms with van der Waals surface area (Å²) in [5.41, 5.74) is 0. The number of anilines is 1. The van der Waals surface area contributed by atoms with Crippen molar-refractivity contribution in [3.05, 3.63) is 11.1 Å². The van der Waals surface area contributed by atoms with Crippen molar-refractivity contribution in [2.45, 2.75) is 78.3 Å². The molecule has 0 aliphatic rings. The lowest BCUT2D eigenvalue weighted by atomic mass is 10.1. The lowest BCUT2D eigenvalue weighted by Crippen LogP contribution is -2.45. The van der Waals surface area contributed by atoms with Gasteiger partial charge in [-0.05, 0) is 25.2 Å². The van der Waals surface area contributed by atoms with E-state index in [2.05, 4.69) is 50.2 Å². The average molecular weight is 311 g/mol.